The first-order chi connectivity index (χ1) is 35.1. The lowest BCUT2D eigenvalue weighted by molar-refractivity contribution is 0.0820. The molecule has 3 N–H and O–H groups in total. The largest absolute Gasteiger partial charge is 0.399 e. The zero-order valence-corrected chi connectivity index (χ0v) is 42.4. The highest BCUT2D eigenvalue weighted by atomic mass is 35.5. The minimum atomic E-state index is -0.357. The lowest BCUT2D eigenvalue weighted by atomic mass is 10.0. The maximum absolute atomic E-state index is 14.2. The van der Waals surface area contributed by atoms with E-state index >= 15 is 0 Å². The smallest absolute Gasteiger partial charge is 0.253 e. The Labute approximate surface area is 428 Å². The van der Waals surface area contributed by atoms with Crippen molar-refractivity contribution in [1.29, 1.82) is 0 Å². The number of carbonyl (C=O) groups excluding carboxylic acids is 2. The number of morpholine rings is 2. The Hall–Kier alpha value is -7.79. The number of benzene rings is 4. The van der Waals surface area contributed by atoms with E-state index in [1.54, 1.807) is 68.6 Å². The van der Waals surface area contributed by atoms with E-state index in [-0.39, 0.29) is 23.4 Å². The molecule has 0 unspecified atom stereocenters. The van der Waals surface area contributed by atoms with Crippen LogP contribution >= 0.6 is 11.6 Å². The van der Waals surface area contributed by atoms with Gasteiger partial charge in [0.05, 0.1) is 70.9 Å². The van der Waals surface area contributed by atoms with Gasteiger partial charge < -0.3 is 40.1 Å². The van der Waals surface area contributed by atoms with Crippen LogP contribution in [-0.2, 0) is 9.47 Å². The summed E-state index contributed by atoms with van der Waals surface area (Å²) in [4.78, 5) is 50.4. The first-order valence-electron chi connectivity index (χ1n) is 23.7. The molecule has 2 fully saturated rings. The number of amides is 2. The van der Waals surface area contributed by atoms with Crippen LogP contribution < -0.4 is 20.9 Å². The molecule has 14 nitrogen and oxygen atoms in total. The third-order valence-corrected chi connectivity index (χ3v) is 12.8. The molecule has 6 heterocycles. The van der Waals surface area contributed by atoms with Crippen molar-refractivity contribution in [2.75, 3.05) is 102 Å². The van der Waals surface area contributed by atoms with E-state index in [1.807, 2.05) is 80.6 Å². The number of hydrogen-bond acceptors (Lipinski definition) is 12. The number of nitrogens with two attached hydrogens (primary N) is 1. The Morgan fingerprint density at radius 1 is 0.616 bits per heavy atom. The summed E-state index contributed by atoms with van der Waals surface area (Å²) < 4.78 is 38.3. The van der Waals surface area contributed by atoms with Crippen molar-refractivity contribution in [1.82, 2.24) is 29.7 Å². The Kier molecular flexibility index (Phi) is 16.4. The maximum Gasteiger partial charge on any atom is 0.253 e. The van der Waals surface area contributed by atoms with Crippen molar-refractivity contribution >= 4 is 73.7 Å². The average Bonchev–Trinajstić information content (AvgIpc) is 3.41. The zero-order chi connectivity index (χ0) is 51.8. The van der Waals surface area contributed by atoms with Crippen LogP contribution in [-0.4, -0.2) is 122 Å². The maximum atomic E-state index is 14.2. The molecule has 17 heteroatoms. The van der Waals surface area contributed by atoms with Crippen LogP contribution in [0.5, 0.6) is 0 Å². The molecule has 2 saturated heterocycles. The molecular formula is C56H57ClF2N10O4. The summed E-state index contributed by atoms with van der Waals surface area (Å²) in [6.07, 6.45) is 3.41. The van der Waals surface area contributed by atoms with Gasteiger partial charge in [-0.1, -0.05) is 23.7 Å². The van der Waals surface area contributed by atoms with Gasteiger partial charge in [-0.15, -0.1) is 0 Å². The molecule has 0 bridgehead atoms. The molecular weight excluding hydrogens is 950 g/mol. The molecule has 4 aromatic carbocycles. The fraction of sp³-hybridized carbons (Fsp3) is 0.250. The molecule has 2 aliphatic rings. The highest BCUT2D eigenvalue weighted by Gasteiger charge is 2.21. The van der Waals surface area contributed by atoms with Gasteiger partial charge in [-0.25, -0.2) is 18.7 Å². The van der Waals surface area contributed by atoms with Crippen LogP contribution in [0.2, 0.25) is 5.02 Å². The SMILES string of the molecule is CN(C)C(=O)c1cc(N)cc(N2CCOCC2)c1.Cc1c(-c2ccccn2)nc2cc(F)ccc2c1Cl.Cc1c(-c2ccccn2)nc2cc(F)ccc2c1Nc1cc(C(=O)N(C)C)cc(N2CCOCC2)c1. The summed E-state index contributed by atoms with van der Waals surface area (Å²) in [5.41, 5.74) is 16.8. The predicted octanol–water partition coefficient (Wildman–Crippen LogP) is 10.2. The molecule has 0 spiro atoms. The second-order valence-corrected chi connectivity index (χ2v) is 18.3. The molecule has 2 aliphatic heterocycles. The van der Waals surface area contributed by atoms with Crippen LogP contribution in [0.4, 0.5) is 37.2 Å². The number of fused-ring (bicyclic) bond motifs is 2. The van der Waals surface area contributed by atoms with Crippen molar-refractivity contribution in [3.63, 3.8) is 0 Å². The van der Waals surface area contributed by atoms with Gasteiger partial charge in [0, 0.05) is 129 Å². The molecule has 0 saturated carbocycles. The monoisotopic (exact) mass is 1010 g/mol. The van der Waals surface area contributed by atoms with Gasteiger partial charge >= 0.3 is 0 Å². The summed E-state index contributed by atoms with van der Waals surface area (Å²) in [5.74, 6) is -0.797. The van der Waals surface area contributed by atoms with E-state index in [0.29, 0.717) is 76.4 Å². The molecule has 73 heavy (non-hydrogen) atoms. The van der Waals surface area contributed by atoms with Crippen molar-refractivity contribution in [3.8, 4) is 22.8 Å². The number of halogens is 3. The lowest BCUT2D eigenvalue weighted by Crippen LogP contribution is -2.36. The van der Waals surface area contributed by atoms with Gasteiger partial charge in [-0.2, -0.15) is 0 Å². The summed E-state index contributed by atoms with van der Waals surface area (Å²) in [6, 6.07) is 31.5. The Morgan fingerprint density at radius 3 is 1.60 bits per heavy atom. The van der Waals surface area contributed by atoms with Gasteiger partial charge in [0.2, 0.25) is 0 Å². The standard InChI is InChI=1S/C28H28FN5O2.C15H10ClFN2.C13H19N3O2/c1-18-26(23-8-7-20(29)16-25(23)32-27(18)24-6-4-5-9-30-24)31-21-14-19(28(35)33(2)3)15-22(17-21)34-10-12-36-13-11-34;1-9-14(16)11-6-5-10(17)8-13(11)19-15(9)12-4-2-3-7-18-12;1-15(2)13(17)10-7-11(14)9-12(8-10)16-3-5-18-6-4-16/h4-9,14-17H,10-13H2,1-3H3,(H,31,32);2-8H,1H3;7-9H,3-6,14H2,1-2H3. The van der Waals surface area contributed by atoms with E-state index in [1.165, 1.54) is 24.3 Å². The number of ether oxygens (including phenoxy) is 2. The van der Waals surface area contributed by atoms with Crippen molar-refractivity contribution < 1.29 is 27.8 Å². The van der Waals surface area contributed by atoms with E-state index in [2.05, 4.69) is 30.1 Å². The molecule has 10 rings (SSSR count). The molecule has 8 aromatic rings. The molecule has 0 radical (unpaired) electrons. The van der Waals surface area contributed by atoms with E-state index in [0.717, 1.165) is 76.5 Å². The first kappa shape index (κ1) is 51.6. The van der Waals surface area contributed by atoms with Gasteiger partial charge in [-0.3, -0.25) is 19.6 Å². The number of pyridine rings is 4. The fourth-order valence-corrected chi connectivity index (χ4v) is 8.78. The van der Waals surface area contributed by atoms with Crippen molar-refractivity contribution in [3.05, 3.63) is 160 Å². The molecule has 4 aromatic heterocycles. The molecule has 376 valence electrons. The van der Waals surface area contributed by atoms with Crippen LogP contribution in [0.25, 0.3) is 44.6 Å². The van der Waals surface area contributed by atoms with E-state index in [9.17, 15) is 18.4 Å². The van der Waals surface area contributed by atoms with Crippen LogP contribution in [0.3, 0.4) is 0 Å². The number of nitrogen functional groups attached to an aromatic ring is 1. The molecule has 0 aliphatic carbocycles. The second kappa shape index (κ2) is 23.2. The first-order valence-corrected chi connectivity index (χ1v) is 24.1. The fourth-order valence-electron chi connectivity index (χ4n) is 8.53. The number of carbonyl (C=O) groups is 2. The minimum Gasteiger partial charge on any atom is -0.399 e. The number of anilines is 5. The summed E-state index contributed by atoms with van der Waals surface area (Å²) in [5, 5.41) is 5.66. The Morgan fingerprint density at radius 2 is 1.10 bits per heavy atom. The molecule has 0 atom stereocenters. The summed E-state index contributed by atoms with van der Waals surface area (Å²) >= 11 is 6.34. The van der Waals surface area contributed by atoms with Crippen LogP contribution in [0, 0.1) is 25.5 Å². The number of aromatic nitrogens is 4. The van der Waals surface area contributed by atoms with Crippen LogP contribution in [0.15, 0.2) is 122 Å². The summed E-state index contributed by atoms with van der Waals surface area (Å²) in [6.45, 7) is 9.74. The Bertz CT molecular complexity index is 3260. The average molecular weight is 1010 g/mol. The predicted molar refractivity (Wildman–Crippen MR) is 287 cm³/mol. The highest BCUT2D eigenvalue weighted by molar-refractivity contribution is 6.36. The third-order valence-electron chi connectivity index (χ3n) is 12.3. The topological polar surface area (TPSA) is 155 Å². The lowest BCUT2D eigenvalue weighted by Gasteiger charge is -2.30. The number of nitrogens with one attached hydrogen (secondary N) is 1. The number of rotatable bonds is 8. The third kappa shape index (κ3) is 12.3. The summed E-state index contributed by atoms with van der Waals surface area (Å²) in [7, 11) is 6.95. The molecule has 2 amide bonds. The van der Waals surface area contributed by atoms with E-state index < -0.39 is 0 Å². The second-order valence-electron chi connectivity index (χ2n) is 17.9. The normalized spacial score (nSPS) is 13.4. The van der Waals surface area contributed by atoms with Gasteiger partial charge in [0.1, 0.15) is 11.6 Å². The quantitative estimate of drug-likeness (QED) is 0.139. The van der Waals surface area contributed by atoms with E-state index in [4.69, 9.17) is 31.8 Å². The highest BCUT2D eigenvalue weighted by Crippen LogP contribution is 2.37. The Balaban J connectivity index is 0.000000161. The van der Waals surface area contributed by atoms with Crippen molar-refractivity contribution in [2.45, 2.75) is 13.8 Å². The van der Waals surface area contributed by atoms with Gasteiger partial charge in [-0.05, 0) is 104 Å². The number of hydrogen-bond donors (Lipinski definition) is 2. The van der Waals surface area contributed by atoms with Gasteiger partial charge in [0.25, 0.3) is 11.8 Å². The minimum absolute atomic E-state index is 0.0307. The van der Waals surface area contributed by atoms with Crippen molar-refractivity contribution in [2.24, 2.45) is 0 Å². The zero-order valence-electron chi connectivity index (χ0n) is 41.6. The number of nitrogens with zero attached hydrogens (tertiary/aromatic N) is 8. The van der Waals surface area contributed by atoms with Crippen LogP contribution in [0.1, 0.15) is 31.8 Å². The van der Waals surface area contributed by atoms with Gasteiger partial charge in [0.15, 0.2) is 0 Å².